The zero-order valence-corrected chi connectivity index (χ0v) is 13.9. The molecule has 3 aromatic rings. The molecule has 0 radical (unpaired) electrons. The van der Waals surface area contributed by atoms with Crippen molar-refractivity contribution in [1.82, 2.24) is 0 Å². The zero-order chi connectivity index (χ0) is 17.1. The molecule has 0 saturated carbocycles. The van der Waals surface area contributed by atoms with Crippen molar-refractivity contribution >= 4 is 43.2 Å². The Bertz CT molecular complexity index is 1110. The third-order valence-electron chi connectivity index (χ3n) is 3.66. The van der Waals surface area contributed by atoms with Crippen LogP contribution in [0.5, 0.6) is 0 Å². The number of rotatable bonds is 2. The smallest absolute Gasteiger partial charge is 0.163 e. The number of nitriles is 3. The quantitative estimate of drug-likeness (QED) is 0.507. The van der Waals surface area contributed by atoms with Crippen molar-refractivity contribution in [2.75, 3.05) is 5.32 Å². The van der Waals surface area contributed by atoms with Crippen LogP contribution in [0, 0.1) is 34.0 Å². The second kappa shape index (κ2) is 6.42. The van der Waals surface area contributed by atoms with E-state index in [-0.39, 0.29) is 11.3 Å². The monoisotopic (exact) mass is 372 g/mol. The van der Waals surface area contributed by atoms with Gasteiger partial charge in [-0.3, -0.25) is 0 Å². The first kappa shape index (κ1) is 15.6. The number of fused-ring (bicyclic) bond motifs is 3. The highest BCUT2D eigenvalue weighted by molar-refractivity contribution is 9.10. The molecule has 0 heterocycles. The minimum absolute atomic E-state index is 0.0548. The number of halogens is 1. The van der Waals surface area contributed by atoms with Crippen molar-refractivity contribution in [3.63, 3.8) is 0 Å². The molecule has 24 heavy (non-hydrogen) atoms. The van der Waals surface area contributed by atoms with E-state index >= 15 is 0 Å². The van der Waals surface area contributed by atoms with Crippen LogP contribution in [0.2, 0.25) is 0 Å². The first-order valence-corrected chi connectivity index (χ1v) is 7.80. The summed E-state index contributed by atoms with van der Waals surface area (Å²) in [5, 5.41) is 34.1. The van der Waals surface area contributed by atoms with Crippen LogP contribution in [0.4, 0.5) is 5.69 Å². The fraction of sp³-hybridized carbons (Fsp3) is 0. The molecule has 0 bridgehead atoms. The Morgan fingerprint density at radius 1 is 0.833 bits per heavy atom. The van der Waals surface area contributed by atoms with E-state index < -0.39 is 0 Å². The molecule has 0 amide bonds. The van der Waals surface area contributed by atoms with Crippen molar-refractivity contribution in [1.29, 1.82) is 15.8 Å². The summed E-state index contributed by atoms with van der Waals surface area (Å²) in [5.41, 5.74) is 0.355. The van der Waals surface area contributed by atoms with E-state index in [0.29, 0.717) is 5.69 Å². The predicted molar refractivity (Wildman–Crippen MR) is 96.6 cm³/mol. The number of hydrogen-bond donors (Lipinski definition) is 1. The first-order chi connectivity index (χ1) is 11.7. The third-order valence-corrected chi connectivity index (χ3v) is 4.32. The standard InChI is InChI=1S/C19H9BrN4/c20-18-7-12-5-6-14(24-19(11-23)13(9-21)10-22)8-17(12)15-3-1-2-4-16(15)18/h1-8,24H. The Morgan fingerprint density at radius 3 is 2.21 bits per heavy atom. The van der Waals surface area contributed by atoms with Gasteiger partial charge in [0, 0.05) is 10.2 Å². The first-order valence-electron chi connectivity index (χ1n) is 7.00. The molecule has 0 aliphatic rings. The van der Waals surface area contributed by atoms with Gasteiger partial charge in [0.25, 0.3) is 0 Å². The van der Waals surface area contributed by atoms with Gasteiger partial charge in [0.05, 0.1) is 0 Å². The Kier molecular flexibility index (Phi) is 4.17. The maximum atomic E-state index is 9.16. The van der Waals surface area contributed by atoms with Crippen LogP contribution in [-0.4, -0.2) is 0 Å². The number of nitrogens with one attached hydrogen (secondary N) is 1. The normalized spacial score (nSPS) is 9.75. The van der Waals surface area contributed by atoms with Gasteiger partial charge in [0.2, 0.25) is 0 Å². The van der Waals surface area contributed by atoms with Crippen LogP contribution in [0.3, 0.4) is 0 Å². The maximum absolute atomic E-state index is 9.16. The summed E-state index contributed by atoms with van der Waals surface area (Å²) in [6, 6.07) is 21.0. The minimum atomic E-state index is -0.238. The molecule has 0 saturated heterocycles. The van der Waals surface area contributed by atoms with Crippen molar-refractivity contribution in [2.45, 2.75) is 0 Å². The molecule has 3 aromatic carbocycles. The van der Waals surface area contributed by atoms with Gasteiger partial charge in [-0.1, -0.05) is 46.3 Å². The van der Waals surface area contributed by atoms with Crippen molar-refractivity contribution in [3.05, 3.63) is 64.3 Å². The van der Waals surface area contributed by atoms with Gasteiger partial charge in [-0.25, -0.2) is 0 Å². The number of hydrogen-bond acceptors (Lipinski definition) is 4. The van der Waals surface area contributed by atoms with Gasteiger partial charge in [-0.15, -0.1) is 0 Å². The number of anilines is 1. The molecule has 3 rings (SSSR count). The van der Waals surface area contributed by atoms with E-state index in [4.69, 9.17) is 15.8 Å². The molecule has 0 aliphatic heterocycles. The molecule has 1 N–H and O–H groups in total. The summed E-state index contributed by atoms with van der Waals surface area (Å²) in [6.07, 6.45) is 0. The summed E-state index contributed by atoms with van der Waals surface area (Å²) in [4.78, 5) is 0. The summed E-state index contributed by atoms with van der Waals surface area (Å²) in [7, 11) is 0. The molecule has 0 unspecified atom stereocenters. The Balaban J connectivity index is 2.20. The maximum Gasteiger partial charge on any atom is 0.163 e. The van der Waals surface area contributed by atoms with Crippen LogP contribution in [-0.2, 0) is 0 Å². The average Bonchev–Trinajstić information content (AvgIpc) is 2.62. The van der Waals surface area contributed by atoms with Gasteiger partial charge in [-0.2, -0.15) is 15.8 Å². The molecule has 0 aromatic heterocycles. The lowest BCUT2D eigenvalue weighted by Crippen LogP contribution is -2.00. The SMILES string of the molecule is N#CC(C#N)=C(C#N)Nc1ccc2cc(Br)c3ccccc3c2c1. The lowest BCUT2D eigenvalue weighted by atomic mass is 10.0. The van der Waals surface area contributed by atoms with E-state index in [9.17, 15) is 0 Å². The summed E-state index contributed by atoms with van der Waals surface area (Å²) >= 11 is 3.59. The molecule has 5 heteroatoms. The van der Waals surface area contributed by atoms with Crippen LogP contribution >= 0.6 is 15.9 Å². The highest BCUT2D eigenvalue weighted by atomic mass is 79.9. The van der Waals surface area contributed by atoms with Crippen molar-refractivity contribution < 1.29 is 0 Å². The molecule has 0 aliphatic carbocycles. The molecule has 112 valence electrons. The van der Waals surface area contributed by atoms with Crippen LogP contribution in [0.1, 0.15) is 0 Å². The van der Waals surface area contributed by atoms with Gasteiger partial charge in [0.1, 0.15) is 23.9 Å². The van der Waals surface area contributed by atoms with Gasteiger partial charge < -0.3 is 5.32 Å². The third kappa shape index (κ3) is 2.68. The Hall–Kier alpha value is -3.33. The molecular weight excluding hydrogens is 364 g/mol. The fourth-order valence-corrected chi connectivity index (χ4v) is 3.15. The second-order valence-electron chi connectivity index (χ2n) is 5.05. The zero-order valence-electron chi connectivity index (χ0n) is 12.3. The molecule has 4 nitrogen and oxygen atoms in total. The fourth-order valence-electron chi connectivity index (χ4n) is 2.56. The van der Waals surface area contributed by atoms with Gasteiger partial charge >= 0.3 is 0 Å². The number of benzene rings is 3. The highest BCUT2D eigenvalue weighted by Crippen LogP contribution is 2.33. The Labute approximate surface area is 147 Å². The van der Waals surface area contributed by atoms with E-state index in [1.807, 2.05) is 54.6 Å². The van der Waals surface area contributed by atoms with Gasteiger partial charge in [-0.05, 0) is 39.7 Å². The lowest BCUT2D eigenvalue weighted by molar-refractivity contribution is 1.37. The van der Waals surface area contributed by atoms with Crippen molar-refractivity contribution in [3.8, 4) is 18.2 Å². The summed E-state index contributed by atoms with van der Waals surface area (Å²) in [6.45, 7) is 0. The predicted octanol–water partition coefficient (Wildman–Crippen LogP) is 4.99. The number of nitrogens with zero attached hydrogens (tertiary/aromatic N) is 3. The Morgan fingerprint density at radius 2 is 1.54 bits per heavy atom. The van der Waals surface area contributed by atoms with E-state index in [2.05, 4.69) is 21.2 Å². The van der Waals surface area contributed by atoms with E-state index in [0.717, 1.165) is 26.0 Å². The topological polar surface area (TPSA) is 83.4 Å². The van der Waals surface area contributed by atoms with E-state index in [1.165, 1.54) is 0 Å². The molecule has 0 atom stereocenters. The van der Waals surface area contributed by atoms with Crippen molar-refractivity contribution in [2.24, 2.45) is 0 Å². The highest BCUT2D eigenvalue weighted by Gasteiger charge is 2.09. The van der Waals surface area contributed by atoms with Crippen LogP contribution in [0.25, 0.3) is 21.5 Å². The number of allylic oxidation sites excluding steroid dienone is 2. The lowest BCUT2D eigenvalue weighted by Gasteiger charge is -2.10. The van der Waals surface area contributed by atoms with Crippen LogP contribution < -0.4 is 5.32 Å². The van der Waals surface area contributed by atoms with Crippen LogP contribution in [0.15, 0.2) is 64.3 Å². The van der Waals surface area contributed by atoms with Gasteiger partial charge in [0.15, 0.2) is 5.57 Å². The largest absolute Gasteiger partial charge is 0.345 e. The molecular formula is C19H9BrN4. The minimum Gasteiger partial charge on any atom is -0.345 e. The summed E-state index contributed by atoms with van der Waals surface area (Å²) < 4.78 is 1.01. The average molecular weight is 373 g/mol. The second-order valence-corrected chi connectivity index (χ2v) is 5.90. The summed E-state index contributed by atoms with van der Waals surface area (Å²) in [5.74, 6) is 0. The molecule has 0 spiro atoms. The van der Waals surface area contributed by atoms with E-state index in [1.54, 1.807) is 12.1 Å². The molecule has 0 fully saturated rings.